The van der Waals surface area contributed by atoms with Gasteiger partial charge in [-0.15, -0.1) is 0 Å². The number of nitrogens with zero attached hydrogens (tertiary/aromatic N) is 2. The third-order valence-corrected chi connectivity index (χ3v) is 11.2. The van der Waals surface area contributed by atoms with E-state index in [0.717, 1.165) is 0 Å². The molecule has 0 amide bonds. The van der Waals surface area contributed by atoms with E-state index in [0.29, 0.717) is 0 Å². The van der Waals surface area contributed by atoms with Crippen LogP contribution in [0.2, 0.25) is 0 Å². The second-order valence-electron chi connectivity index (χ2n) is 13.2. The van der Waals surface area contributed by atoms with E-state index in [-0.39, 0.29) is 12.6 Å². The first kappa shape index (κ1) is 23.6. The van der Waals surface area contributed by atoms with E-state index in [9.17, 15) is 0 Å². The third kappa shape index (κ3) is 2.62. The van der Waals surface area contributed by atoms with Crippen LogP contribution < -0.4 is 16.4 Å². The monoisotopic (exact) mass is 580 g/mol. The first-order valence-electron chi connectivity index (χ1n) is 16.3. The highest BCUT2D eigenvalue weighted by atomic mass is 15.0. The van der Waals surface area contributed by atoms with Crippen molar-refractivity contribution in [3.63, 3.8) is 0 Å². The number of hydrogen-bond donors (Lipinski definition) is 0. The van der Waals surface area contributed by atoms with Gasteiger partial charge in [0, 0.05) is 44.4 Å². The van der Waals surface area contributed by atoms with Crippen LogP contribution in [0.5, 0.6) is 0 Å². The van der Waals surface area contributed by atoms with Gasteiger partial charge in [-0.3, -0.25) is 0 Å². The molecule has 0 bridgehead atoms. The number of aromatic nitrogens is 2. The molecule has 1 atom stereocenters. The second kappa shape index (κ2) is 8.07. The summed E-state index contributed by atoms with van der Waals surface area (Å²) in [6, 6.07) is 54.9. The maximum Gasteiger partial charge on any atom is 0.247 e. The molecule has 3 aliphatic rings. The van der Waals surface area contributed by atoms with Crippen LogP contribution in [-0.4, -0.2) is 15.8 Å². The van der Waals surface area contributed by atoms with Gasteiger partial charge in [0.05, 0.1) is 16.6 Å². The minimum Gasteiger partial charge on any atom is -0.310 e. The number of hydrogen-bond acceptors (Lipinski definition) is 0. The Morgan fingerprint density at radius 2 is 1.04 bits per heavy atom. The highest BCUT2D eigenvalue weighted by Gasteiger charge is 2.46. The lowest BCUT2D eigenvalue weighted by atomic mass is 9.31. The van der Waals surface area contributed by atoms with E-state index in [1.807, 2.05) is 0 Å². The van der Waals surface area contributed by atoms with Crippen LogP contribution >= 0.6 is 0 Å². The Kier molecular flexibility index (Phi) is 4.14. The lowest BCUT2D eigenvalue weighted by Crippen LogP contribution is -2.60. The highest BCUT2D eigenvalue weighted by Crippen LogP contribution is 2.50. The molecule has 0 saturated carbocycles. The van der Waals surface area contributed by atoms with Crippen molar-refractivity contribution in [2.75, 3.05) is 0 Å². The van der Waals surface area contributed by atoms with Crippen LogP contribution in [0.3, 0.4) is 0 Å². The Hall–Kier alpha value is -5.80. The van der Waals surface area contributed by atoms with Crippen molar-refractivity contribution < 1.29 is 0 Å². The van der Waals surface area contributed by atoms with Gasteiger partial charge in [-0.1, -0.05) is 121 Å². The molecule has 2 aromatic heterocycles. The van der Waals surface area contributed by atoms with Crippen molar-refractivity contribution in [3.05, 3.63) is 162 Å². The van der Waals surface area contributed by atoms with E-state index in [2.05, 4.69) is 155 Å². The molecule has 0 radical (unpaired) electrons. The van der Waals surface area contributed by atoms with E-state index < -0.39 is 0 Å². The van der Waals surface area contributed by atoms with Gasteiger partial charge < -0.3 is 9.13 Å². The van der Waals surface area contributed by atoms with E-state index in [1.54, 1.807) is 0 Å². The number of benzene rings is 7. The van der Waals surface area contributed by atoms with Crippen LogP contribution in [0.4, 0.5) is 0 Å². The predicted octanol–water partition coefficient (Wildman–Crippen LogP) is 8.18. The fourth-order valence-corrected chi connectivity index (χ4v) is 9.58. The largest absolute Gasteiger partial charge is 0.310 e. The van der Waals surface area contributed by atoms with Crippen molar-refractivity contribution in [2.45, 2.75) is 5.92 Å². The molecule has 3 heteroatoms. The van der Waals surface area contributed by atoms with Crippen LogP contribution in [0.25, 0.3) is 66.1 Å². The molecular weight excluding hydrogens is 555 g/mol. The van der Waals surface area contributed by atoms with Gasteiger partial charge in [0.2, 0.25) is 6.71 Å². The summed E-state index contributed by atoms with van der Waals surface area (Å²) in [7, 11) is 0. The standard InChI is InChI=1S/C43H25BN2/c1-2-15-30-26(11-1)31-16-9-18-34-41(31)40(30)33-23-25(45-36-20-6-3-12-27(36)28-13-4-7-21-37(28)45)24-39-42(33)44(34)35-19-10-17-32-29-14-5-8-22-38(29)46(39)43(32)35/h1-24,40H. The summed E-state index contributed by atoms with van der Waals surface area (Å²) in [6.07, 6.45) is 0. The molecule has 1 aliphatic carbocycles. The summed E-state index contributed by atoms with van der Waals surface area (Å²) >= 11 is 0. The molecule has 2 nitrogen and oxygen atoms in total. The van der Waals surface area contributed by atoms with Gasteiger partial charge in [0.15, 0.2) is 0 Å². The molecule has 4 heterocycles. The minimum absolute atomic E-state index is 0.179. The maximum atomic E-state index is 2.59. The molecule has 0 spiro atoms. The topological polar surface area (TPSA) is 9.86 Å². The van der Waals surface area contributed by atoms with Crippen molar-refractivity contribution >= 4 is 66.7 Å². The average molecular weight is 580 g/mol. The molecule has 210 valence electrons. The molecule has 2 aliphatic heterocycles. The highest BCUT2D eigenvalue weighted by molar-refractivity contribution is 6.99. The first-order valence-corrected chi connectivity index (χ1v) is 16.3. The SMILES string of the molecule is c1ccc2c(c1)-c1cccc3c1C2c1cc(-n2c4ccccc4c4ccccc42)cc2c1B3c1cccc3c4ccccc4n-2c13. The zero-order chi connectivity index (χ0) is 29.7. The number of rotatable bonds is 1. The first-order chi connectivity index (χ1) is 22.9. The Bertz CT molecular complexity index is 2780. The molecule has 0 saturated heterocycles. The molecular formula is C43H25BN2. The molecule has 1 unspecified atom stereocenters. The average Bonchev–Trinajstić information content (AvgIpc) is 3.76. The molecule has 12 rings (SSSR count). The third-order valence-electron chi connectivity index (χ3n) is 11.2. The molecule has 7 aromatic carbocycles. The zero-order valence-corrected chi connectivity index (χ0v) is 24.9. The van der Waals surface area contributed by atoms with Gasteiger partial charge in [-0.05, 0) is 69.1 Å². The lowest BCUT2D eigenvalue weighted by Gasteiger charge is -2.37. The van der Waals surface area contributed by atoms with E-state index in [4.69, 9.17) is 0 Å². The van der Waals surface area contributed by atoms with Gasteiger partial charge in [-0.25, -0.2) is 0 Å². The summed E-state index contributed by atoms with van der Waals surface area (Å²) < 4.78 is 5.09. The normalized spacial score (nSPS) is 15.1. The van der Waals surface area contributed by atoms with Gasteiger partial charge >= 0.3 is 0 Å². The van der Waals surface area contributed by atoms with Crippen molar-refractivity contribution in [3.8, 4) is 22.5 Å². The Morgan fingerprint density at radius 3 is 1.83 bits per heavy atom. The van der Waals surface area contributed by atoms with Gasteiger partial charge in [0.1, 0.15) is 0 Å². The quantitative estimate of drug-likeness (QED) is 0.173. The zero-order valence-electron chi connectivity index (χ0n) is 24.9. The Balaban J connectivity index is 1.31. The van der Waals surface area contributed by atoms with Crippen LogP contribution in [0.15, 0.2) is 146 Å². The molecule has 9 aromatic rings. The number of para-hydroxylation sites is 4. The summed E-state index contributed by atoms with van der Waals surface area (Å²) in [4.78, 5) is 0. The lowest BCUT2D eigenvalue weighted by molar-refractivity contribution is 1.01. The molecule has 0 fully saturated rings. The summed E-state index contributed by atoms with van der Waals surface area (Å²) in [5, 5.41) is 5.23. The van der Waals surface area contributed by atoms with Gasteiger partial charge in [-0.2, -0.15) is 0 Å². The summed E-state index contributed by atoms with van der Waals surface area (Å²) in [6.45, 7) is 0.179. The minimum atomic E-state index is 0.179. The summed E-state index contributed by atoms with van der Waals surface area (Å²) in [5.74, 6) is 0.197. The number of fused-ring (bicyclic) bond motifs is 13. The second-order valence-corrected chi connectivity index (χ2v) is 13.2. The Labute approximate surface area is 265 Å². The van der Waals surface area contributed by atoms with Crippen molar-refractivity contribution in [1.82, 2.24) is 9.13 Å². The molecule has 46 heavy (non-hydrogen) atoms. The fourth-order valence-electron chi connectivity index (χ4n) is 9.58. The van der Waals surface area contributed by atoms with Gasteiger partial charge in [0.25, 0.3) is 0 Å². The van der Waals surface area contributed by atoms with E-state index >= 15 is 0 Å². The summed E-state index contributed by atoms with van der Waals surface area (Å²) in [5.41, 5.74) is 19.1. The predicted molar refractivity (Wildman–Crippen MR) is 193 cm³/mol. The Morgan fingerprint density at radius 1 is 0.457 bits per heavy atom. The van der Waals surface area contributed by atoms with Crippen molar-refractivity contribution in [1.29, 1.82) is 0 Å². The fraction of sp³-hybridized carbons (Fsp3) is 0.0233. The maximum absolute atomic E-state index is 2.59. The molecule has 0 N–H and O–H groups in total. The van der Waals surface area contributed by atoms with Crippen LogP contribution in [-0.2, 0) is 0 Å². The van der Waals surface area contributed by atoms with Crippen LogP contribution in [0, 0.1) is 0 Å². The van der Waals surface area contributed by atoms with E-state index in [1.165, 1.54) is 99.2 Å². The van der Waals surface area contributed by atoms with Crippen molar-refractivity contribution in [2.24, 2.45) is 0 Å². The smallest absolute Gasteiger partial charge is 0.247 e. The van der Waals surface area contributed by atoms with Crippen LogP contribution in [0.1, 0.15) is 22.6 Å².